The van der Waals surface area contributed by atoms with Gasteiger partial charge in [0.05, 0.1) is 0 Å². The van der Waals surface area contributed by atoms with Crippen molar-refractivity contribution in [3.8, 4) is 0 Å². The van der Waals surface area contributed by atoms with E-state index in [4.69, 9.17) is 18.0 Å². The molecule has 0 radical (unpaired) electrons. The summed E-state index contributed by atoms with van der Waals surface area (Å²) in [6, 6.07) is 5.96. The van der Waals surface area contributed by atoms with Crippen LogP contribution >= 0.6 is 12.2 Å². The van der Waals surface area contributed by atoms with Crippen LogP contribution in [0.25, 0.3) is 0 Å². The Balaban J connectivity index is 2.30. The molecule has 0 amide bonds. The fourth-order valence-corrected chi connectivity index (χ4v) is 2.11. The van der Waals surface area contributed by atoms with Crippen LogP contribution in [0.2, 0.25) is 0 Å². The Kier molecular flexibility index (Phi) is 9.94. The van der Waals surface area contributed by atoms with E-state index in [-0.39, 0.29) is 5.11 Å². The number of nitrogens with one attached hydrogen (secondary N) is 2. The normalized spacial score (nSPS) is 11.2. The first-order chi connectivity index (χ1) is 10.7. The number of pyridine rings is 1. The number of aromatic nitrogens is 1. The second kappa shape index (κ2) is 11.9. The molecule has 0 saturated carbocycles. The van der Waals surface area contributed by atoms with Crippen molar-refractivity contribution in [1.82, 2.24) is 15.6 Å². The summed E-state index contributed by atoms with van der Waals surface area (Å²) in [5.74, 6) is 0.671. The van der Waals surface area contributed by atoms with Gasteiger partial charge in [-0.1, -0.05) is 32.3 Å². The van der Waals surface area contributed by atoms with Crippen molar-refractivity contribution in [1.29, 1.82) is 0 Å². The van der Waals surface area contributed by atoms with E-state index in [0.29, 0.717) is 12.5 Å². The fraction of sp³-hybridized carbons (Fsp3) is 0.562. The fourth-order valence-electron chi connectivity index (χ4n) is 2.01. The highest BCUT2D eigenvalue weighted by Crippen LogP contribution is 1.99. The average molecular weight is 321 g/mol. The molecule has 0 saturated heterocycles. The summed E-state index contributed by atoms with van der Waals surface area (Å²) >= 11 is 4.88. The number of rotatable bonds is 9. The average Bonchev–Trinajstić information content (AvgIpc) is 2.51. The predicted octanol–water partition coefficient (Wildman–Crippen LogP) is 2.37. The van der Waals surface area contributed by atoms with Gasteiger partial charge in [-0.15, -0.1) is 0 Å². The van der Waals surface area contributed by atoms with E-state index in [2.05, 4.69) is 27.5 Å². The number of thiocarbonyl (C=S) groups is 1. The van der Waals surface area contributed by atoms with Crippen LogP contribution in [0.15, 0.2) is 29.4 Å². The first-order valence-electron chi connectivity index (χ1n) is 7.97. The van der Waals surface area contributed by atoms with Gasteiger partial charge in [0.15, 0.2) is 11.1 Å². The van der Waals surface area contributed by atoms with Gasteiger partial charge < -0.3 is 16.4 Å². The van der Waals surface area contributed by atoms with E-state index in [9.17, 15) is 0 Å². The second-order valence-electron chi connectivity index (χ2n) is 5.13. The molecule has 0 spiro atoms. The predicted molar refractivity (Wildman–Crippen MR) is 96.9 cm³/mol. The van der Waals surface area contributed by atoms with E-state index < -0.39 is 0 Å². The third-order valence-corrected chi connectivity index (χ3v) is 3.25. The van der Waals surface area contributed by atoms with Gasteiger partial charge in [-0.05, 0) is 43.6 Å². The molecule has 0 aliphatic heterocycles. The smallest absolute Gasteiger partial charge is 0.197 e. The number of nitrogens with two attached hydrogens (primary N) is 1. The summed E-state index contributed by atoms with van der Waals surface area (Å²) in [6.45, 7) is 3.80. The maximum absolute atomic E-state index is 5.53. The van der Waals surface area contributed by atoms with Crippen molar-refractivity contribution in [2.24, 2.45) is 10.7 Å². The topological polar surface area (TPSA) is 75.3 Å². The van der Waals surface area contributed by atoms with E-state index in [1.807, 2.05) is 24.4 Å². The number of guanidine groups is 1. The summed E-state index contributed by atoms with van der Waals surface area (Å²) in [5, 5.41) is 6.41. The number of hydrogen-bond acceptors (Lipinski definition) is 3. The molecule has 122 valence electrons. The Morgan fingerprint density at radius 2 is 2.14 bits per heavy atom. The second-order valence-corrected chi connectivity index (χ2v) is 5.57. The molecule has 0 atom stereocenters. The van der Waals surface area contributed by atoms with Crippen LogP contribution < -0.4 is 16.4 Å². The van der Waals surface area contributed by atoms with E-state index in [1.165, 1.54) is 19.3 Å². The van der Waals surface area contributed by atoms with Crippen molar-refractivity contribution < 1.29 is 0 Å². The Labute approximate surface area is 138 Å². The Morgan fingerprint density at radius 3 is 2.82 bits per heavy atom. The first kappa shape index (κ1) is 18.4. The molecular formula is C16H27N5S. The minimum Gasteiger partial charge on any atom is -0.376 e. The number of aryl methyl sites for hydroxylation is 1. The number of aliphatic imine (C=N–C) groups is 1. The monoisotopic (exact) mass is 321 g/mol. The van der Waals surface area contributed by atoms with E-state index in [0.717, 1.165) is 31.5 Å². The van der Waals surface area contributed by atoms with Crippen molar-refractivity contribution in [3.63, 3.8) is 0 Å². The van der Waals surface area contributed by atoms with Gasteiger partial charge in [-0.25, -0.2) is 0 Å². The molecule has 6 heteroatoms. The van der Waals surface area contributed by atoms with Crippen LogP contribution in [0.4, 0.5) is 0 Å². The van der Waals surface area contributed by atoms with Gasteiger partial charge in [-0.2, -0.15) is 0 Å². The lowest BCUT2D eigenvalue weighted by Crippen LogP contribution is -2.44. The zero-order chi connectivity index (χ0) is 16.0. The van der Waals surface area contributed by atoms with Crippen LogP contribution in [-0.4, -0.2) is 29.1 Å². The zero-order valence-electron chi connectivity index (χ0n) is 13.3. The van der Waals surface area contributed by atoms with Crippen LogP contribution in [0, 0.1) is 0 Å². The largest absolute Gasteiger partial charge is 0.376 e. The van der Waals surface area contributed by atoms with Gasteiger partial charge in [0.25, 0.3) is 0 Å². The van der Waals surface area contributed by atoms with Crippen LogP contribution in [-0.2, 0) is 6.42 Å². The number of unbranched alkanes of at least 4 members (excludes halogenated alkanes) is 3. The highest BCUT2D eigenvalue weighted by Gasteiger charge is 1.99. The molecule has 1 rings (SSSR count). The third kappa shape index (κ3) is 9.28. The molecule has 1 aromatic heterocycles. The van der Waals surface area contributed by atoms with Gasteiger partial charge >= 0.3 is 0 Å². The van der Waals surface area contributed by atoms with Crippen LogP contribution in [0.5, 0.6) is 0 Å². The number of hydrogen-bond donors (Lipinski definition) is 3. The van der Waals surface area contributed by atoms with E-state index >= 15 is 0 Å². The van der Waals surface area contributed by atoms with Gasteiger partial charge in [0.1, 0.15) is 0 Å². The van der Waals surface area contributed by atoms with Gasteiger partial charge in [0, 0.05) is 25.0 Å². The standard InChI is InChI=1S/C16H27N5S/c1-2-3-4-6-12-19-16(21-15(17)22)20-13-8-10-14-9-5-7-11-18-14/h5,7,9,11H,2-4,6,8,10,12-13H2,1H3,(H4,17,19,20,21,22). The molecule has 1 aromatic rings. The summed E-state index contributed by atoms with van der Waals surface area (Å²) < 4.78 is 0. The van der Waals surface area contributed by atoms with Crippen molar-refractivity contribution in [2.45, 2.75) is 45.4 Å². The molecule has 4 N–H and O–H groups in total. The molecule has 5 nitrogen and oxygen atoms in total. The minimum absolute atomic E-state index is 0.240. The van der Waals surface area contributed by atoms with Crippen molar-refractivity contribution >= 4 is 23.3 Å². The van der Waals surface area contributed by atoms with Crippen molar-refractivity contribution in [2.75, 3.05) is 13.1 Å². The van der Waals surface area contributed by atoms with Crippen LogP contribution in [0.1, 0.15) is 44.7 Å². The molecule has 0 bridgehead atoms. The number of nitrogens with zero attached hydrogens (tertiary/aromatic N) is 2. The highest BCUT2D eigenvalue weighted by atomic mass is 32.1. The minimum atomic E-state index is 0.240. The molecule has 22 heavy (non-hydrogen) atoms. The third-order valence-electron chi connectivity index (χ3n) is 3.15. The summed E-state index contributed by atoms with van der Waals surface area (Å²) in [6.07, 6.45) is 8.53. The Hall–Kier alpha value is -1.69. The molecule has 0 fully saturated rings. The summed E-state index contributed by atoms with van der Waals surface area (Å²) in [4.78, 5) is 8.80. The van der Waals surface area contributed by atoms with Crippen molar-refractivity contribution in [3.05, 3.63) is 30.1 Å². The summed E-state index contributed by atoms with van der Waals surface area (Å²) in [7, 11) is 0. The Morgan fingerprint density at radius 1 is 1.27 bits per heavy atom. The van der Waals surface area contributed by atoms with Gasteiger partial charge in [-0.3, -0.25) is 9.98 Å². The van der Waals surface area contributed by atoms with E-state index in [1.54, 1.807) is 0 Å². The lowest BCUT2D eigenvalue weighted by molar-refractivity contribution is 0.650. The van der Waals surface area contributed by atoms with Crippen LogP contribution in [0.3, 0.4) is 0 Å². The lowest BCUT2D eigenvalue weighted by Gasteiger charge is -2.11. The molecule has 0 aliphatic carbocycles. The Bertz CT molecular complexity index is 447. The highest BCUT2D eigenvalue weighted by molar-refractivity contribution is 7.80. The molecule has 0 aliphatic rings. The quantitative estimate of drug-likeness (QED) is 0.282. The summed E-state index contributed by atoms with van der Waals surface area (Å²) in [5.41, 5.74) is 6.62. The SMILES string of the molecule is CCCCCCNC(=NCCCc1ccccn1)NC(N)=S. The maximum atomic E-state index is 5.53. The molecule has 0 unspecified atom stereocenters. The maximum Gasteiger partial charge on any atom is 0.197 e. The van der Waals surface area contributed by atoms with Gasteiger partial charge in [0.2, 0.25) is 0 Å². The lowest BCUT2D eigenvalue weighted by atomic mass is 10.2. The molecular weight excluding hydrogens is 294 g/mol. The first-order valence-corrected chi connectivity index (χ1v) is 8.38. The zero-order valence-corrected chi connectivity index (χ0v) is 14.2. The molecule has 0 aromatic carbocycles. The molecule has 1 heterocycles.